The van der Waals surface area contributed by atoms with Gasteiger partial charge in [-0.3, -0.25) is 4.99 Å². The molecule has 0 atom stereocenters. The van der Waals surface area contributed by atoms with Gasteiger partial charge in [-0.25, -0.2) is 0 Å². The summed E-state index contributed by atoms with van der Waals surface area (Å²) >= 11 is 0. The van der Waals surface area contributed by atoms with Crippen molar-refractivity contribution < 1.29 is 4.74 Å². The van der Waals surface area contributed by atoms with Crippen molar-refractivity contribution in [1.29, 1.82) is 0 Å². The molecule has 0 saturated heterocycles. The Morgan fingerprint density at radius 3 is 2.67 bits per heavy atom. The minimum atomic E-state index is 0.258. The van der Waals surface area contributed by atoms with Gasteiger partial charge in [0.05, 0.1) is 12.7 Å². The van der Waals surface area contributed by atoms with E-state index >= 15 is 0 Å². The Kier molecular flexibility index (Phi) is 8.51. The fourth-order valence-corrected chi connectivity index (χ4v) is 1.88. The minimum Gasteiger partial charge on any atom is -0.374 e. The number of aliphatic imine (C=N–C) groups is 1. The summed E-state index contributed by atoms with van der Waals surface area (Å²) in [5, 5.41) is 6.64. The number of nitrogens with zero attached hydrogens (tertiary/aromatic N) is 1. The van der Waals surface area contributed by atoms with Gasteiger partial charge in [0, 0.05) is 20.1 Å². The molecule has 1 aromatic rings. The summed E-state index contributed by atoms with van der Waals surface area (Å²) in [6, 6.07) is 8.46. The standard InChI is InChI=1S/C17H29N3O/c1-5-6-10-19-17(18-4)20-12-15-8-7-9-16(11-15)13-21-14(2)3/h7-9,11,14H,5-6,10,12-13H2,1-4H3,(H2,18,19,20). The van der Waals surface area contributed by atoms with Crippen molar-refractivity contribution in [3.8, 4) is 0 Å². The summed E-state index contributed by atoms with van der Waals surface area (Å²) in [6.45, 7) is 8.67. The predicted molar refractivity (Wildman–Crippen MR) is 89.5 cm³/mol. The summed E-state index contributed by atoms with van der Waals surface area (Å²) in [4.78, 5) is 4.23. The van der Waals surface area contributed by atoms with Crippen molar-refractivity contribution in [2.75, 3.05) is 13.6 Å². The summed E-state index contributed by atoms with van der Waals surface area (Å²) in [7, 11) is 1.80. The number of nitrogens with one attached hydrogen (secondary N) is 2. The third kappa shape index (κ3) is 7.71. The van der Waals surface area contributed by atoms with Crippen LogP contribution in [0, 0.1) is 0 Å². The second kappa shape index (κ2) is 10.2. The third-order valence-electron chi connectivity index (χ3n) is 3.08. The van der Waals surface area contributed by atoms with Crippen molar-refractivity contribution in [2.24, 2.45) is 4.99 Å². The molecule has 0 aliphatic carbocycles. The lowest BCUT2D eigenvalue weighted by Gasteiger charge is -2.12. The molecular weight excluding hydrogens is 262 g/mol. The van der Waals surface area contributed by atoms with Gasteiger partial charge in [0.15, 0.2) is 5.96 Å². The quantitative estimate of drug-likeness (QED) is 0.439. The zero-order chi connectivity index (χ0) is 15.5. The zero-order valence-electron chi connectivity index (χ0n) is 13.8. The lowest BCUT2D eigenvalue weighted by molar-refractivity contribution is 0.0657. The Morgan fingerprint density at radius 2 is 2.00 bits per heavy atom. The molecule has 2 N–H and O–H groups in total. The highest BCUT2D eigenvalue weighted by Gasteiger charge is 2.00. The van der Waals surface area contributed by atoms with E-state index in [4.69, 9.17) is 4.74 Å². The van der Waals surface area contributed by atoms with Gasteiger partial charge in [-0.15, -0.1) is 0 Å². The number of ether oxygens (including phenoxy) is 1. The molecule has 0 heterocycles. The second-order valence-electron chi connectivity index (χ2n) is 5.39. The van der Waals surface area contributed by atoms with Gasteiger partial charge in [-0.05, 0) is 31.4 Å². The number of guanidine groups is 1. The van der Waals surface area contributed by atoms with Gasteiger partial charge in [0.1, 0.15) is 0 Å². The molecular formula is C17H29N3O. The average Bonchev–Trinajstić information content (AvgIpc) is 2.49. The molecule has 0 fully saturated rings. The van der Waals surface area contributed by atoms with E-state index in [2.05, 4.69) is 60.7 Å². The average molecular weight is 291 g/mol. The summed E-state index contributed by atoms with van der Waals surface area (Å²) in [5.41, 5.74) is 2.44. The molecule has 21 heavy (non-hydrogen) atoms. The van der Waals surface area contributed by atoms with E-state index in [-0.39, 0.29) is 6.10 Å². The van der Waals surface area contributed by atoms with E-state index in [1.165, 1.54) is 17.5 Å². The molecule has 0 spiro atoms. The molecule has 1 rings (SSSR count). The molecule has 0 amide bonds. The number of hydrogen-bond donors (Lipinski definition) is 2. The van der Waals surface area contributed by atoms with E-state index in [1.807, 2.05) is 0 Å². The fourth-order valence-electron chi connectivity index (χ4n) is 1.88. The van der Waals surface area contributed by atoms with E-state index in [9.17, 15) is 0 Å². The Hall–Kier alpha value is -1.55. The lowest BCUT2D eigenvalue weighted by atomic mass is 10.1. The highest BCUT2D eigenvalue weighted by molar-refractivity contribution is 5.79. The van der Waals surface area contributed by atoms with Crippen LogP contribution in [0.2, 0.25) is 0 Å². The molecule has 0 radical (unpaired) electrons. The number of hydrogen-bond acceptors (Lipinski definition) is 2. The van der Waals surface area contributed by atoms with Crippen molar-refractivity contribution in [3.05, 3.63) is 35.4 Å². The van der Waals surface area contributed by atoms with Crippen LogP contribution in [0.4, 0.5) is 0 Å². The maximum atomic E-state index is 5.64. The monoisotopic (exact) mass is 291 g/mol. The Bertz CT molecular complexity index is 430. The van der Waals surface area contributed by atoms with Gasteiger partial charge in [-0.2, -0.15) is 0 Å². The van der Waals surface area contributed by atoms with Crippen LogP contribution in [-0.2, 0) is 17.9 Å². The predicted octanol–water partition coefficient (Wildman–Crippen LogP) is 3.08. The van der Waals surface area contributed by atoms with Crippen LogP contribution in [-0.4, -0.2) is 25.7 Å². The first-order valence-electron chi connectivity index (χ1n) is 7.79. The van der Waals surface area contributed by atoms with Crippen LogP contribution in [0.5, 0.6) is 0 Å². The smallest absolute Gasteiger partial charge is 0.191 e. The fraction of sp³-hybridized carbons (Fsp3) is 0.588. The van der Waals surface area contributed by atoms with Crippen LogP contribution in [0.1, 0.15) is 44.7 Å². The molecule has 0 saturated carbocycles. The lowest BCUT2D eigenvalue weighted by Crippen LogP contribution is -2.37. The number of unbranched alkanes of at least 4 members (excludes halogenated alkanes) is 1. The molecule has 0 bridgehead atoms. The molecule has 1 aromatic carbocycles. The Balaban J connectivity index is 2.45. The van der Waals surface area contributed by atoms with Gasteiger partial charge in [0.25, 0.3) is 0 Å². The van der Waals surface area contributed by atoms with E-state index < -0.39 is 0 Å². The van der Waals surface area contributed by atoms with Gasteiger partial charge < -0.3 is 15.4 Å². The van der Waals surface area contributed by atoms with Crippen molar-refractivity contribution >= 4 is 5.96 Å². The molecule has 0 aromatic heterocycles. The maximum absolute atomic E-state index is 5.64. The number of benzene rings is 1. The van der Waals surface area contributed by atoms with Crippen LogP contribution >= 0.6 is 0 Å². The molecule has 0 aliphatic rings. The molecule has 118 valence electrons. The Labute approximate surface area is 129 Å². The van der Waals surface area contributed by atoms with Crippen molar-refractivity contribution in [2.45, 2.75) is 52.9 Å². The third-order valence-corrected chi connectivity index (χ3v) is 3.08. The molecule has 4 heteroatoms. The van der Waals surface area contributed by atoms with Crippen LogP contribution in [0.15, 0.2) is 29.3 Å². The van der Waals surface area contributed by atoms with E-state index in [0.29, 0.717) is 6.61 Å². The van der Waals surface area contributed by atoms with E-state index in [1.54, 1.807) is 7.05 Å². The summed E-state index contributed by atoms with van der Waals surface area (Å²) in [6.07, 6.45) is 2.60. The highest BCUT2D eigenvalue weighted by atomic mass is 16.5. The molecule has 0 aliphatic heterocycles. The first-order valence-corrected chi connectivity index (χ1v) is 7.79. The van der Waals surface area contributed by atoms with E-state index in [0.717, 1.165) is 25.5 Å². The minimum absolute atomic E-state index is 0.258. The first kappa shape index (κ1) is 17.5. The molecule has 0 unspecified atom stereocenters. The zero-order valence-corrected chi connectivity index (χ0v) is 13.8. The van der Waals surface area contributed by atoms with Crippen molar-refractivity contribution in [1.82, 2.24) is 10.6 Å². The summed E-state index contributed by atoms with van der Waals surface area (Å²) < 4.78 is 5.64. The summed E-state index contributed by atoms with van der Waals surface area (Å²) in [5.74, 6) is 0.854. The van der Waals surface area contributed by atoms with Gasteiger partial charge in [0.2, 0.25) is 0 Å². The van der Waals surface area contributed by atoms with Crippen molar-refractivity contribution in [3.63, 3.8) is 0 Å². The number of rotatable bonds is 8. The second-order valence-corrected chi connectivity index (χ2v) is 5.39. The highest BCUT2D eigenvalue weighted by Crippen LogP contribution is 2.07. The SMILES string of the molecule is CCCCNC(=NC)NCc1cccc(COC(C)C)c1. The topological polar surface area (TPSA) is 45.7 Å². The largest absolute Gasteiger partial charge is 0.374 e. The van der Waals surface area contributed by atoms with Gasteiger partial charge in [-0.1, -0.05) is 37.6 Å². The maximum Gasteiger partial charge on any atom is 0.191 e. The van der Waals surface area contributed by atoms with Crippen LogP contribution in [0.25, 0.3) is 0 Å². The van der Waals surface area contributed by atoms with Crippen LogP contribution < -0.4 is 10.6 Å². The first-order chi connectivity index (χ1) is 10.2. The van der Waals surface area contributed by atoms with Crippen LogP contribution in [0.3, 0.4) is 0 Å². The van der Waals surface area contributed by atoms with Gasteiger partial charge >= 0.3 is 0 Å². The molecule has 4 nitrogen and oxygen atoms in total. The normalized spacial score (nSPS) is 11.8. The Morgan fingerprint density at radius 1 is 1.24 bits per heavy atom.